The van der Waals surface area contributed by atoms with Crippen LogP contribution in [0.25, 0.3) is 0 Å². The lowest BCUT2D eigenvalue weighted by atomic mass is 9.95. The third-order valence-electron chi connectivity index (χ3n) is 7.28. The normalized spacial score (nSPS) is 44.4. The van der Waals surface area contributed by atoms with E-state index in [1.54, 1.807) is 7.11 Å². The first-order valence-corrected chi connectivity index (χ1v) is 10.8. The first-order chi connectivity index (χ1) is 14.3. The van der Waals surface area contributed by atoms with Crippen LogP contribution in [0.2, 0.25) is 0 Å². The number of rotatable bonds is 2. The molecule has 2 aliphatic carbocycles. The van der Waals surface area contributed by atoms with Gasteiger partial charge in [-0.1, -0.05) is 13.8 Å². The molecule has 2 saturated heterocycles. The zero-order chi connectivity index (χ0) is 21.6. The zero-order valence-corrected chi connectivity index (χ0v) is 17.6. The Balaban J connectivity index is 0.000000158. The number of aliphatic hydroxyl groups is 2. The van der Waals surface area contributed by atoms with Gasteiger partial charge in [-0.3, -0.25) is 14.3 Å². The summed E-state index contributed by atoms with van der Waals surface area (Å²) in [5, 5.41) is 19.5. The van der Waals surface area contributed by atoms with Crippen molar-refractivity contribution in [2.75, 3.05) is 7.11 Å². The van der Waals surface area contributed by atoms with E-state index in [9.17, 15) is 19.8 Å². The fourth-order valence-corrected chi connectivity index (χ4v) is 5.62. The van der Waals surface area contributed by atoms with Crippen LogP contribution in [0.4, 0.5) is 0 Å². The van der Waals surface area contributed by atoms with Crippen LogP contribution in [0.15, 0.2) is 21.9 Å². The van der Waals surface area contributed by atoms with Gasteiger partial charge in [-0.25, -0.2) is 4.79 Å². The number of aromatic nitrogens is 2. The number of H-pyrrole nitrogens is 1. The average Bonchev–Trinajstić information content (AvgIpc) is 3.42. The molecule has 0 aromatic carbocycles. The smallest absolute Gasteiger partial charge is 0.330 e. The SMILES string of the molecule is COC1C[C@@H]2[C@H](O1)[C@H](O)C[C@H]2C.C[C@@H]1C[C@@H](O)[C@H]2O[C@@H](n3ccc(=O)[nH]c3=O)C[C@H]21. The van der Waals surface area contributed by atoms with E-state index in [-0.39, 0.29) is 36.7 Å². The number of aliphatic hydroxyl groups excluding tert-OH is 2. The molecule has 3 N–H and O–H groups in total. The van der Waals surface area contributed by atoms with Crippen molar-refractivity contribution in [3.05, 3.63) is 33.1 Å². The highest BCUT2D eigenvalue weighted by Crippen LogP contribution is 2.46. The Labute approximate surface area is 175 Å². The molecule has 1 aromatic heterocycles. The van der Waals surface area contributed by atoms with Crippen molar-refractivity contribution in [3.8, 4) is 0 Å². The third-order valence-corrected chi connectivity index (χ3v) is 7.28. The van der Waals surface area contributed by atoms with Crippen LogP contribution in [-0.4, -0.2) is 57.6 Å². The molecule has 0 amide bonds. The van der Waals surface area contributed by atoms with Gasteiger partial charge in [0.15, 0.2) is 6.29 Å². The molecule has 4 aliphatic rings. The van der Waals surface area contributed by atoms with Crippen molar-refractivity contribution >= 4 is 0 Å². The molecule has 5 rings (SSSR count). The van der Waals surface area contributed by atoms with Crippen LogP contribution in [0, 0.1) is 23.7 Å². The van der Waals surface area contributed by atoms with Gasteiger partial charge in [-0.2, -0.15) is 0 Å². The molecular formula is C21H32N2O7. The van der Waals surface area contributed by atoms with Crippen molar-refractivity contribution in [3.63, 3.8) is 0 Å². The lowest BCUT2D eigenvalue weighted by Crippen LogP contribution is -2.32. The number of nitrogens with zero attached hydrogens (tertiary/aromatic N) is 1. The summed E-state index contributed by atoms with van der Waals surface area (Å²) in [7, 11) is 1.66. The van der Waals surface area contributed by atoms with Gasteiger partial charge >= 0.3 is 5.69 Å². The lowest BCUT2D eigenvalue weighted by Gasteiger charge is -2.17. The predicted octanol–water partition coefficient (Wildman–Crippen LogP) is 0.606. The van der Waals surface area contributed by atoms with Gasteiger partial charge < -0.3 is 24.4 Å². The summed E-state index contributed by atoms with van der Waals surface area (Å²) in [4.78, 5) is 24.9. The monoisotopic (exact) mass is 424 g/mol. The van der Waals surface area contributed by atoms with Gasteiger partial charge in [0.05, 0.1) is 24.4 Å². The Morgan fingerprint density at radius 1 is 1.00 bits per heavy atom. The fourth-order valence-electron chi connectivity index (χ4n) is 5.62. The van der Waals surface area contributed by atoms with E-state index >= 15 is 0 Å². The number of nitrogens with one attached hydrogen (secondary N) is 1. The highest BCUT2D eigenvalue weighted by molar-refractivity contribution is 4.97. The van der Waals surface area contributed by atoms with Gasteiger partial charge in [0.1, 0.15) is 6.23 Å². The molecule has 2 aliphatic heterocycles. The van der Waals surface area contributed by atoms with Gasteiger partial charge in [0, 0.05) is 25.8 Å². The Morgan fingerprint density at radius 3 is 2.13 bits per heavy atom. The van der Waals surface area contributed by atoms with E-state index in [1.807, 2.05) is 0 Å². The van der Waals surface area contributed by atoms with Crippen molar-refractivity contribution in [2.24, 2.45) is 23.7 Å². The Bertz CT molecular complexity index is 822. The lowest BCUT2D eigenvalue weighted by molar-refractivity contribution is -0.136. The van der Waals surface area contributed by atoms with E-state index in [0.717, 1.165) is 19.3 Å². The van der Waals surface area contributed by atoms with Crippen LogP contribution in [-0.2, 0) is 14.2 Å². The number of methoxy groups -OCH3 is 1. The van der Waals surface area contributed by atoms with Gasteiger partial charge in [-0.15, -0.1) is 0 Å². The predicted molar refractivity (Wildman–Crippen MR) is 107 cm³/mol. The molecule has 0 radical (unpaired) electrons. The summed E-state index contributed by atoms with van der Waals surface area (Å²) < 4.78 is 17.8. The maximum Gasteiger partial charge on any atom is 0.330 e. The standard InChI is InChI=1S/C12H16N2O4.C9H16O3/c1-6-4-8(15)11-7(6)5-10(18-11)14-3-2-9(16)13-12(14)17;1-5-3-7(10)9-6(5)4-8(11-2)12-9/h2-3,6-8,10-11,15H,4-5H2,1H3,(H,13,16,17);5-10H,3-4H2,1-2H3/t6-,7+,8-,10-,11+;5-,6+,7-,8?,9+/m11/s1. The van der Waals surface area contributed by atoms with Crippen LogP contribution in [0.5, 0.6) is 0 Å². The number of aromatic amines is 1. The molecule has 9 nitrogen and oxygen atoms in total. The highest BCUT2D eigenvalue weighted by Gasteiger charge is 2.49. The molecule has 1 unspecified atom stereocenters. The quantitative estimate of drug-likeness (QED) is 0.635. The van der Waals surface area contributed by atoms with Crippen LogP contribution in [0.1, 0.15) is 45.8 Å². The van der Waals surface area contributed by atoms with Crippen LogP contribution >= 0.6 is 0 Å². The molecule has 1 aromatic rings. The summed E-state index contributed by atoms with van der Waals surface area (Å²) in [5.41, 5.74) is -0.877. The zero-order valence-electron chi connectivity index (χ0n) is 17.6. The maximum atomic E-state index is 11.7. The van der Waals surface area contributed by atoms with Crippen molar-refractivity contribution < 1.29 is 24.4 Å². The summed E-state index contributed by atoms with van der Waals surface area (Å²) >= 11 is 0. The average molecular weight is 424 g/mol. The second-order valence-electron chi connectivity index (χ2n) is 9.20. The van der Waals surface area contributed by atoms with Gasteiger partial charge in [-0.05, 0) is 42.9 Å². The topological polar surface area (TPSA) is 123 Å². The number of ether oxygens (including phenoxy) is 3. The maximum absolute atomic E-state index is 11.7. The summed E-state index contributed by atoms with van der Waals surface area (Å²) in [6.07, 6.45) is 3.37. The van der Waals surface area contributed by atoms with Crippen LogP contribution < -0.4 is 11.2 Å². The molecule has 9 heteroatoms. The molecule has 0 bridgehead atoms. The second kappa shape index (κ2) is 8.55. The third kappa shape index (κ3) is 4.01. The molecular weight excluding hydrogens is 392 g/mol. The molecule has 4 fully saturated rings. The van der Waals surface area contributed by atoms with E-state index < -0.39 is 17.4 Å². The molecule has 10 atom stereocenters. The number of hydrogen-bond donors (Lipinski definition) is 3. The minimum atomic E-state index is -0.463. The van der Waals surface area contributed by atoms with E-state index in [0.29, 0.717) is 24.2 Å². The Kier molecular flexibility index (Phi) is 6.18. The van der Waals surface area contributed by atoms with Crippen molar-refractivity contribution in [1.82, 2.24) is 9.55 Å². The largest absolute Gasteiger partial charge is 0.390 e. The van der Waals surface area contributed by atoms with Gasteiger partial charge in [0.25, 0.3) is 5.56 Å². The van der Waals surface area contributed by atoms with Crippen molar-refractivity contribution in [1.29, 1.82) is 0 Å². The number of hydrogen-bond acceptors (Lipinski definition) is 7. The van der Waals surface area contributed by atoms with E-state index in [2.05, 4.69) is 18.8 Å². The highest BCUT2D eigenvalue weighted by atomic mass is 16.7. The Morgan fingerprint density at radius 2 is 1.60 bits per heavy atom. The first kappa shape index (κ1) is 21.7. The molecule has 2 saturated carbocycles. The van der Waals surface area contributed by atoms with E-state index in [1.165, 1.54) is 16.8 Å². The fraction of sp³-hybridized carbons (Fsp3) is 0.810. The number of fused-ring (bicyclic) bond motifs is 2. The minimum Gasteiger partial charge on any atom is -0.390 e. The summed E-state index contributed by atoms with van der Waals surface area (Å²) in [5.74, 6) is 1.76. The van der Waals surface area contributed by atoms with Crippen molar-refractivity contribution in [2.45, 2.75) is 76.5 Å². The van der Waals surface area contributed by atoms with E-state index in [4.69, 9.17) is 14.2 Å². The van der Waals surface area contributed by atoms with Gasteiger partial charge in [0.2, 0.25) is 0 Å². The first-order valence-electron chi connectivity index (χ1n) is 10.8. The summed E-state index contributed by atoms with van der Waals surface area (Å²) in [6, 6.07) is 1.30. The summed E-state index contributed by atoms with van der Waals surface area (Å²) in [6.45, 7) is 4.27. The molecule has 168 valence electrons. The van der Waals surface area contributed by atoms with Crippen LogP contribution in [0.3, 0.4) is 0 Å². The molecule has 0 spiro atoms. The Hall–Kier alpha value is -1.52. The molecule has 3 heterocycles. The molecule has 30 heavy (non-hydrogen) atoms. The second-order valence-corrected chi connectivity index (χ2v) is 9.20. The minimum absolute atomic E-state index is 0.0324.